The average Bonchev–Trinajstić information content (AvgIpc) is 2.99. The summed E-state index contributed by atoms with van der Waals surface area (Å²) in [5, 5.41) is 6.51. The van der Waals surface area contributed by atoms with Crippen molar-refractivity contribution in [3.63, 3.8) is 0 Å². The Morgan fingerprint density at radius 3 is 2.85 bits per heavy atom. The predicted molar refractivity (Wildman–Crippen MR) is 79.6 cm³/mol. The third kappa shape index (κ3) is 2.51. The Balaban J connectivity index is 1.98. The number of pyridine rings is 1. The Kier molecular flexibility index (Phi) is 3.41. The van der Waals surface area contributed by atoms with Gasteiger partial charge in [-0.2, -0.15) is 0 Å². The van der Waals surface area contributed by atoms with Crippen molar-refractivity contribution in [3.05, 3.63) is 64.6 Å². The largest absolute Gasteiger partial charge is 0.264 e. The molecule has 0 unspecified atom stereocenters. The molecule has 0 aliphatic carbocycles. The zero-order valence-electron chi connectivity index (χ0n) is 10.3. The second kappa shape index (κ2) is 5.52. The lowest BCUT2D eigenvalue weighted by Crippen LogP contribution is -1.80. The lowest BCUT2D eigenvalue weighted by molar-refractivity contribution is 1.31. The molecule has 20 heavy (non-hydrogen) atoms. The summed E-state index contributed by atoms with van der Waals surface area (Å²) < 4.78 is 0. The molecule has 5 nitrogen and oxygen atoms in total. The monoisotopic (exact) mass is 279 g/mol. The van der Waals surface area contributed by atoms with E-state index in [-0.39, 0.29) is 0 Å². The number of rotatable bonds is 3. The van der Waals surface area contributed by atoms with Gasteiger partial charge in [-0.1, -0.05) is 23.3 Å². The summed E-state index contributed by atoms with van der Waals surface area (Å²) in [4.78, 5) is 11.5. The molecule has 2 heterocycles. The first kappa shape index (κ1) is 12.3. The van der Waals surface area contributed by atoms with Gasteiger partial charge in [-0.15, -0.1) is 11.3 Å². The fourth-order valence-electron chi connectivity index (χ4n) is 1.81. The van der Waals surface area contributed by atoms with Crippen LogP contribution >= 0.6 is 11.3 Å². The van der Waals surface area contributed by atoms with Gasteiger partial charge in [-0.3, -0.25) is 4.98 Å². The van der Waals surface area contributed by atoms with Gasteiger partial charge in [0, 0.05) is 39.5 Å². The van der Waals surface area contributed by atoms with Gasteiger partial charge in [-0.05, 0) is 23.7 Å². The molecule has 0 fully saturated rings. The zero-order chi connectivity index (χ0) is 13.8. The molecule has 0 N–H and O–H groups in total. The van der Waals surface area contributed by atoms with Gasteiger partial charge in [0.1, 0.15) is 5.01 Å². The Hall–Kier alpha value is -2.69. The minimum absolute atomic E-state index is 0.584. The van der Waals surface area contributed by atoms with E-state index in [1.165, 1.54) is 0 Å². The molecule has 0 aliphatic rings. The average molecular weight is 279 g/mol. The molecule has 0 saturated heterocycles. The number of aromatic nitrogens is 2. The maximum atomic E-state index is 8.47. The van der Waals surface area contributed by atoms with Crippen molar-refractivity contribution in [3.8, 4) is 21.8 Å². The zero-order valence-corrected chi connectivity index (χ0v) is 11.2. The fourth-order valence-corrected chi connectivity index (χ4v) is 2.63. The Morgan fingerprint density at radius 2 is 2.05 bits per heavy atom. The molecular formula is C14H9N5S. The van der Waals surface area contributed by atoms with Crippen molar-refractivity contribution in [2.45, 2.75) is 0 Å². The van der Waals surface area contributed by atoms with Crippen LogP contribution in [0, 0.1) is 0 Å². The van der Waals surface area contributed by atoms with Crippen LogP contribution in [0.2, 0.25) is 0 Å². The molecule has 1 aromatic carbocycles. The number of nitrogens with zero attached hydrogens (tertiary/aromatic N) is 5. The van der Waals surface area contributed by atoms with E-state index in [1.807, 2.05) is 35.7 Å². The van der Waals surface area contributed by atoms with Gasteiger partial charge in [-0.25, -0.2) is 4.98 Å². The number of hydrogen-bond donors (Lipinski definition) is 0. The van der Waals surface area contributed by atoms with Crippen molar-refractivity contribution >= 4 is 17.0 Å². The van der Waals surface area contributed by atoms with E-state index >= 15 is 0 Å². The summed E-state index contributed by atoms with van der Waals surface area (Å²) in [6.45, 7) is 0. The van der Waals surface area contributed by atoms with E-state index in [9.17, 15) is 0 Å². The third-order valence-electron chi connectivity index (χ3n) is 2.71. The van der Waals surface area contributed by atoms with Crippen molar-refractivity contribution in [1.29, 1.82) is 0 Å². The molecule has 0 bridgehead atoms. The first-order chi connectivity index (χ1) is 9.86. The summed E-state index contributed by atoms with van der Waals surface area (Å²) >= 11 is 1.56. The highest BCUT2D eigenvalue weighted by Crippen LogP contribution is 2.30. The molecule has 6 heteroatoms. The predicted octanol–water partition coefficient (Wildman–Crippen LogP) is 4.81. The van der Waals surface area contributed by atoms with Crippen LogP contribution in [-0.2, 0) is 0 Å². The van der Waals surface area contributed by atoms with E-state index in [0.29, 0.717) is 5.69 Å². The maximum Gasteiger partial charge on any atom is 0.125 e. The van der Waals surface area contributed by atoms with E-state index in [0.717, 1.165) is 21.8 Å². The van der Waals surface area contributed by atoms with E-state index < -0.39 is 0 Å². The third-order valence-corrected chi connectivity index (χ3v) is 3.61. The number of benzene rings is 1. The van der Waals surface area contributed by atoms with Crippen molar-refractivity contribution in [1.82, 2.24) is 9.97 Å². The van der Waals surface area contributed by atoms with Crippen LogP contribution in [0.4, 0.5) is 5.69 Å². The highest BCUT2D eigenvalue weighted by molar-refractivity contribution is 7.13. The summed E-state index contributed by atoms with van der Waals surface area (Å²) in [5.41, 5.74) is 11.8. The van der Waals surface area contributed by atoms with Crippen LogP contribution in [0.15, 0.2) is 59.3 Å². The van der Waals surface area contributed by atoms with E-state index in [2.05, 4.69) is 20.0 Å². The molecule has 0 spiro atoms. The first-order valence-electron chi connectivity index (χ1n) is 5.88. The van der Waals surface area contributed by atoms with Gasteiger partial charge >= 0.3 is 0 Å². The smallest absolute Gasteiger partial charge is 0.125 e. The lowest BCUT2D eigenvalue weighted by atomic mass is 10.1. The van der Waals surface area contributed by atoms with Crippen LogP contribution in [0.3, 0.4) is 0 Å². The molecule has 3 rings (SSSR count). The minimum atomic E-state index is 0.584. The fraction of sp³-hybridized carbons (Fsp3) is 0. The second-order valence-electron chi connectivity index (χ2n) is 4.02. The van der Waals surface area contributed by atoms with Crippen molar-refractivity contribution in [2.75, 3.05) is 0 Å². The Morgan fingerprint density at radius 1 is 1.15 bits per heavy atom. The van der Waals surface area contributed by atoms with Crippen molar-refractivity contribution < 1.29 is 0 Å². The van der Waals surface area contributed by atoms with E-state index in [1.54, 1.807) is 29.8 Å². The standard InChI is InChI=1S/C14H9N5S/c15-19-18-12-5-1-3-10(7-12)13-9-20-14(17-13)11-4-2-6-16-8-11/h1-9H. The van der Waals surface area contributed by atoms with Gasteiger partial charge in [0.2, 0.25) is 0 Å². The Labute approximate surface area is 119 Å². The number of thiazole rings is 1. The highest BCUT2D eigenvalue weighted by Gasteiger charge is 2.06. The highest BCUT2D eigenvalue weighted by atomic mass is 32.1. The van der Waals surface area contributed by atoms with Gasteiger partial charge in [0.05, 0.1) is 5.69 Å². The quantitative estimate of drug-likeness (QED) is 0.392. The summed E-state index contributed by atoms with van der Waals surface area (Å²) in [6, 6.07) is 11.2. The topological polar surface area (TPSA) is 74.5 Å². The molecule has 3 aromatic rings. The Bertz CT molecular complexity index is 775. The minimum Gasteiger partial charge on any atom is -0.264 e. The number of azide groups is 1. The second-order valence-corrected chi connectivity index (χ2v) is 4.88. The summed E-state index contributed by atoms with van der Waals surface area (Å²) in [7, 11) is 0. The van der Waals surface area contributed by atoms with Crippen LogP contribution in [0.25, 0.3) is 32.3 Å². The number of hydrogen-bond acceptors (Lipinski definition) is 4. The van der Waals surface area contributed by atoms with Crippen LogP contribution in [0.5, 0.6) is 0 Å². The van der Waals surface area contributed by atoms with Crippen LogP contribution in [0.1, 0.15) is 0 Å². The van der Waals surface area contributed by atoms with Crippen LogP contribution in [-0.4, -0.2) is 9.97 Å². The van der Waals surface area contributed by atoms with Gasteiger partial charge < -0.3 is 0 Å². The maximum absolute atomic E-state index is 8.47. The molecule has 96 valence electrons. The first-order valence-corrected chi connectivity index (χ1v) is 6.76. The molecule has 0 saturated carbocycles. The molecule has 0 amide bonds. The normalized spacial score (nSPS) is 10.0. The SMILES string of the molecule is [N-]=[N+]=Nc1cccc(-c2csc(-c3cccnc3)n2)c1. The van der Waals surface area contributed by atoms with E-state index in [4.69, 9.17) is 5.53 Å². The molecular weight excluding hydrogens is 270 g/mol. The lowest BCUT2D eigenvalue weighted by Gasteiger charge is -1.98. The molecule has 0 atom stereocenters. The summed E-state index contributed by atoms with van der Waals surface area (Å²) in [6.07, 6.45) is 3.53. The summed E-state index contributed by atoms with van der Waals surface area (Å²) in [5.74, 6) is 0. The van der Waals surface area contributed by atoms with Gasteiger partial charge in [0.25, 0.3) is 0 Å². The van der Waals surface area contributed by atoms with Gasteiger partial charge in [0.15, 0.2) is 0 Å². The molecule has 0 radical (unpaired) electrons. The molecule has 2 aromatic heterocycles. The van der Waals surface area contributed by atoms with Crippen molar-refractivity contribution in [2.24, 2.45) is 5.11 Å². The van der Waals surface area contributed by atoms with Crippen LogP contribution < -0.4 is 0 Å². The molecule has 0 aliphatic heterocycles.